The summed E-state index contributed by atoms with van der Waals surface area (Å²) < 4.78 is 13.6. The van der Waals surface area contributed by atoms with Crippen molar-refractivity contribution in [3.8, 4) is 5.75 Å². The van der Waals surface area contributed by atoms with Gasteiger partial charge >= 0.3 is 0 Å². The molecule has 4 rings (SSSR count). The lowest BCUT2D eigenvalue weighted by Crippen LogP contribution is -2.34. The topological polar surface area (TPSA) is 62.2 Å². The SMILES string of the molecule is CCc1ccc2c(c1)C[C@@H](O)CN2Sc1ccc(OCC2CCOCC2)c(CO)c1. The van der Waals surface area contributed by atoms with E-state index < -0.39 is 0 Å². The first-order chi connectivity index (χ1) is 14.7. The maximum absolute atomic E-state index is 10.4. The molecule has 0 unspecified atom stereocenters. The number of anilines is 1. The Bertz CT molecular complexity index is 853. The zero-order chi connectivity index (χ0) is 20.9. The first-order valence-electron chi connectivity index (χ1n) is 10.9. The van der Waals surface area contributed by atoms with Crippen molar-refractivity contribution in [1.29, 1.82) is 0 Å². The van der Waals surface area contributed by atoms with Gasteiger partial charge in [-0.25, -0.2) is 0 Å². The summed E-state index contributed by atoms with van der Waals surface area (Å²) >= 11 is 1.60. The van der Waals surface area contributed by atoms with Crippen molar-refractivity contribution < 1.29 is 19.7 Å². The van der Waals surface area contributed by atoms with Gasteiger partial charge in [0.2, 0.25) is 0 Å². The first kappa shape index (κ1) is 21.5. The van der Waals surface area contributed by atoms with Crippen LogP contribution in [0.25, 0.3) is 0 Å². The fourth-order valence-electron chi connectivity index (χ4n) is 4.09. The molecule has 0 spiro atoms. The van der Waals surface area contributed by atoms with E-state index in [2.05, 4.69) is 29.4 Å². The van der Waals surface area contributed by atoms with E-state index in [0.717, 1.165) is 54.4 Å². The zero-order valence-electron chi connectivity index (χ0n) is 17.5. The van der Waals surface area contributed by atoms with Gasteiger partial charge in [0, 0.05) is 30.1 Å². The van der Waals surface area contributed by atoms with Gasteiger partial charge in [-0.3, -0.25) is 0 Å². The van der Waals surface area contributed by atoms with Crippen LogP contribution in [-0.2, 0) is 24.2 Å². The fourth-order valence-corrected chi connectivity index (χ4v) is 5.19. The van der Waals surface area contributed by atoms with Crippen molar-refractivity contribution in [3.63, 3.8) is 0 Å². The molecular formula is C24H31NO4S. The van der Waals surface area contributed by atoms with Crippen LogP contribution in [0.15, 0.2) is 41.3 Å². The van der Waals surface area contributed by atoms with Crippen LogP contribution in [0.4, 0.5) is 5.69 Å². The zero-order valence-corrected chi connectivity index (χ0v) is 18.4. The molecule has 0 aromatic heterocycles. The normalized spacial score (nSPS) is 19.6. The maximum Gasteiger partial charge on any atom is 0.124 e. The third-order valence-electron chi connectivity index (χ3n) is 5.89. The summed E-state index contributed by atoms with van der Waals surface area (Å²) in [4.78, 5) is 1.03. The van der Waals surface area contributed by atoms with Gasteiger partial charge < -0.3 is 24.0 Å². The second kappa shape index (κ2) is 10.1. The summed E-state index contributed by atoms with van der Waals surface area (Å²) in [6.07, 6.45) is 3.36. The van der Waals surface area contributed by atoms with E-state index in [1.54, 1.807) is 11.9 Å². The van der Waals surface area contributed by atoms with E-state index in [-0.39, 0.29) is 12.7 Å². The number of nitrogens with zero attached hydrogens (tertiary/aromatic N) is 1. The number of hydrogen-bond donors (Lipinski definition) is 2. The molecule has 0 aliphatic carbocycles. The van der Waals surface area contributed by atoms with Crippen LogP contribution in [0, 0.1) is 5.92 Å². The van der Waals surface area contributed by atoms with Gasteiger partial charge in [-0.05, 0) is 72.5 Å². The lowest BCUT2D eigenvalue weighted by Gasteiger charge is -2.33. The molecular weight excluding hydrogens is 398 g/mol. The molecule has 6 heteroatoms. The van der Waals surface area contributed by atoms with E-state index in [1.165, 1.54) is 11.1 Å². The van der Waals surface area contributed by atoms with Crippen LogP contribution in [0.3, 0.4) is 0 Å². The molecule has 2 aliphatic rings. The molecule has 5 nitrogen and oxygen atoms in total. The molecule has 2 heterocycles. The van der Waals surface area contributed by atoms with Crippen LogP contribution >= 0.6 is 11.9 Å². The number of aryl methyl sites for hydroxylation is 1. The second-order valence-electron chi connectivity index (χ2n) is 8.12. The molecule has 1 atom stereocenters. The van der Waals surface area contributed by atoms with Crippen LogP contribution in [0.5, 0.6) is 5.75 Å². The second-order valence-corrected chi connectivity index (χ2v) is 9.22. The minimum Gasteiger partial charge on any atom is -0.493 e. The third-order valence-corrected chi connectivity index (χ3v) is 6.92. The highest BCUT2D eigenvalue weighted by atomic mass is 32.2. The molecule has 0 saturated carbocycles. The standard InChI is InChI=1S/C24H31NO4S/c1-2-17-3-5-23-19(11-17)12-21(27)14-25(23)30-22-4-6-24(20(13-22)15-26)29-16-18-7-9-28-10-8-18/h3-6,11,13,18,21,26-27H,2,7-10,12,14-16H2,1H3/t21-/m1/s1. The Morgan fingerprint density at radius 2 is 2.00 bits per heavy atom. The number of rotatable bonds is 7. The lowest BCUT2D eigenvalue weighted by atomic mass is 9.98. The summed E-state index contributed by atoms with van der Waals surface area (Å²) in [5.41, 5.74) is 4.44. The highest BCUT2D eigenvalue weighted by Gasteiger charge is 2.24. The summed E-state index contributed by atoms with van der Waals surface area (Å²) in [5.74, 6) is 1.26. The number of aliphatic hydroxyl groups excluding tert-OH is 2. The smallest absolute Gasteiger partial charge is 0.124 e. The van der Waals surface area contributed by atoms with Crippen LogP contribution in [0.1, 0.15) is 36.5 Å². The number of β-amino-alcohol motifs (C(OH)–C–C–N with tert-alkyl or cyclic N) is 1. The maximum atomic E-state index is 10.4. The van der Waals surface area contributed by atoms with Crippen molar-refractivity contribution in [2.24, 2.45) is 5.92 Å². The van der Waals surface area contributed by atoms with E-state index >= 15 is 0 Å². The molecule has 0 amide bonds. The molecule has 1 fully saturated rings. The Morgan fingerprint density at radius 1 is 1.17 bits per heavy atom. The predicted octanol–water partition coefficient (Wildman–Crippen LogP) is 3.98. The first-order valence-corrected chi connectivity index (χ1v) is 11.6. The molecule has 2 aliphatic heterocycles. The minimum absolute atomic E-state index is 0.0589. The number of aliphatic hydroxyl groups is 2. The van der Waals surface area contributed by atoms with E-state index in [1.807, 2.05) is 18.2 Å². The molecule has 2 N–H and O–H groups in total. The van der Waals surface area contributed by atoms with Gasteiger partial charge in [0.25, 0.3) is 0 Å². The van der Waals surface area contributed by atoms with Crippen molar-refractivity contribution in [2.75, 3.05) is 30.7 Å². The summed E-state index contributed by atoms with van der Waals surface area (Å²) in [6, 6.07) is 12.5. The van der Waals surface area contributed by atoms with Gasteiger partial charge in [-0.15, -0.1) is 0 Å². The van der Waals surface area contributed by atoms with Gasteiger partial charge in [0.15, 0.2) is 0 Å². The van der Waals surface area contributed by atoms with Gasteiger partial charge in [-0.2, -0.15) is 0 Å². The predicted molar refractivity (Wildman–Crippen MR) is 120 cm³/mol. The lowest BCUT2D eigenvalue weighted by molar-refractivity contribution is 0.0494. The average molecular weight is 430 g/mol. The monoisotopic (exact) mass is 429 g/mol. The number of hydrogen-bond acceptors (Lipinski definition) is 6. The van der Waals surface area contributed by atoms with Crippen molar-refractivity contribution >= 4 is 17.6 Å². The highest BCUT2D eigenvalue weighted by molar-refractivity contribution is 8.00. The third kappa shape index (κ3) is 5.11. The van der Waals surface area contributed by atoms with Gasteiger partial charge in [0.05, 0.1) is 31.5 Å². The molecule has 1 saturated heterocycles. The van der Waals surface area contributed by atoms with E-state index in [4.69, 9.17) is 9.47 Å². The molecule has 0 radical (unpaired) electrons. The number of fused-ring (bicyclic) bond motifs is 1. The van der Waals surface area contributed by atoms with E-state index in [9.17, 15) is 10.2 Å². The number of benzene rings is 2. The van der Waals surface area contributed by atoms with Gasteiger partial charge in [0.1, 0.15) is 5.75 Å². The Labute approximate surface area is 183 Å². The Balaban J connectivity index is 1.47. The Kier molecular flexibility index (Phi) is 7.20. The summed E-state index contributed by atoms with van der Waals surface area (Å²) in [6.45, 7) is 4.94. The molecule has 2 aromatic rings. The molecule has 0 bridgehead atoms. The van der Waals surface area contributed by atoms with Crippen LogP contribution in [0.2, 0.25) is 0 Å². The van der Waals surface area contributed by atoms with Crippen molar-refractivity contribution in [1.82, 2.24) is 0 Å². The molecule has 162 valence electrons. The highest BCUT2D eigenvalue weighted by Crippen LogP contribution is 2.37. The molecule has 30 heavy (non-hydrogen) atoms. The van der Waals surface area contributed by atoms with Crippen molar-refractivity contribution in [2.45, 2.75) is 50.2 Å². The fraction of sp³-hybridized carbons (Fsp3) is 0.500. The Morgan fingerprint density at radius 3 is 2.77 bits per heavy atom. The average Bonchev–Trinajstić information content (AvgIpc) is 2.78. The number of ether oxygens (including phenoxy) is 2. The largest absolute Gasteiger partial charge is 0.493 e. The van der Waals surface area contributed by atoms with Gasteiger partial charge in [-0.1, -0.05) is 19.1 Å². The minimum atomic E-state index is -0.378. The quantitative estimate of drug-likeness (QED) is 0.650. The van der Waals surface area contributed by atoms with E-state index in [0.29, 0.717) is 25.5 Å². The van der Waals surface area contributed by atoms with Crippen molar-refractivity contribution in [3.05, 3.63) is 53.1 Å². The Hall–Kier alpha value is -1.73. The van der Waals surface area contributed by atoms with Crippen LogP contribution in [-0.4, -0.2) is 42.7 Å². The summed E-state index contributed by atoms with van der Waals surface area (Å²) in [5, 5.41) is 20.3. The summed E-state index contributed by atoms with van der Waals surface area (Å²) in [7, 11) is 0. The van der Waals surface area contributed by atoms with Crippen LogP contribution < -0.4 is 9.04 Å². The molecule has 2 aromatic carbocycles.